The Labute approximate surface area is 248 Å². The summed E-state index contributed by atoms with van der Waals surface area (Å²) in [5.41, 5.74) is 14.3. The van der Waals surface area contributed by atoms with Crippen LogP contribution >= 0.6 is 17.0 Å². The van der Waals surface area contributed by atoms with Crippen LogP contribution in [0.3, 0.4) is 0 Å². The molecule has 188 valence electrons. The van der Waals surface area contributed by atoms with Crippen molar-refractivity contribution >= 4 is 38.7 Å². The standard InChI is InChI=1S/C34H30Si.2ClH.Zr/c1-23-19-31-27(25-11-5-3-6-12-25)15-9-17-29(31)33(23)21-35-22-34-24(2)20-32-28(16-10-18-30(32)34)26-13-7-4-8-14-26;;;/h3-20,33-34H,21-22H2,1-2H3;2*1H;/q;;;+2/p-2. The Morgan fingerprint density at radius 3 is 1.37 bits per heavy atom. The summed E-state index contributed by atoms with van der Waals surface area (Å²) in [5, 5.41) is 0. The first-order valence-corrected chi connectivity index (χ1v) is 20.8. The molecule has 0 spiro atoms. The minimum absolute atomic E-state index is 0.549. The van der Waals surface area contributed by atoms with E-state index in [9.17, 15) is 0 Å². The van der Waals surface area contributed by atoms with Crippen LogP contribution in [0.4, 0.5) is 0 Å². The minimum atomic E-state index is -0.826. The summed E-state index contributed by atoms with van der Waals surface area (Å²) in [5.74, 6) is 1.10. The maximum absolute atomic E-state index is 4.93. The van der Waals surface area contributed by atoms with Crippen LogP contribution in [0.15, 0.2) is 108 Å². The second kappa shape index (κ2) is 12.9. The van der Waals surface area contributed by atoms with Crippen LogP contribution in [0.25, 0.3) is 34.4 Å². The van der Waals surface area contributed by atoms with Crippen molar-refractivity contribution in [1.82, 2.24) is 0 Å². The van der Waals surface area contributed by atoms with Gasteiger partial charge in [0, 0.05) is 21.4 Å². The summed E-state index contributed by atoms with van der Waals surface area (Å²) < 4.78 is 0. The monoisotopic (exact) mass is 626 g/mol. The predicted octanol–water partition coefficient (Wildman–Crippen LogP) is 10.6. The zero-order valence-electron chi connectivity index (χ0n) is 21.7. The van der Waals surface area contributed by atoms with Crippen molar-refractivity contribution in [3.8, 4) is 22.3 Å². The molecule has 2 atom stereocenters. The van der Waals surface area contributed by atoms with Crippen molar-refractivity contribution in [1.29, 1.82) is 0 Å². The van der Waals surface area contributed by atoms with Gasteiger partial charge in [0.05, 0.1) is 0 Å². The van der Waals surface area contributed by atoms with Gasteiger partial charge in [-0.3, -0.25) is 0 Å². The van der Waals surface area contributed by atoms with Crippen LogP contribution in [0.1, 0.15) is 47.9 Å². The summed E-state index contributed by atoms with van der Waals surface area (Å²) in [6.45, 7) is 4.65. The van der Waals surface area contributed by atoms with E-state index in [0.29, 0.717) is 11.8 Å². The molecule has 0 saturated heterocycles. The van der Waals surface area contributed by atoms with Gasteiger partial charge in [0.1, 0.15) is 0 Å². The molecule has 0 aromatic heterocycles. The molecule has 2 aliphatic rings. The molecule has 4 aromatic carbocycles. The van der Waals surface area contributed by atoms with E-state index in [1.165, 1.54) is 67.7 Å². The maximum atomic E-state index is 4.93. The van der Waals surface area contributed by atoms with E-state index in [1.807, 2.05) is 0 Å². The topological polar surface area (TPSA) is 0 Å². The van der Waals surface area contributed by atoms with Crippen molar-refractivity contribution in [3.63, 3.8) is 0 Å². The summed E-state index contributed by atoms with van der Waals surface area (Å²) >= 11 is -0.826. The number of hydrogen-bond donors (Lipinski definition) is 0. The molecule has 0 aliphatic heterocycles. The zero-order chi connectivity index (χ0) is 26.5. The molecule has 4 heteroatoms. The van der Waals surface area contributed by atoms with Crippen LogP contribution in [0.2, 0.25) is 12.1 Å². The molecular formula is C34H30Cl2SiZr. The van der Waals surface area contributed by atoms with Gasteiger partial charge in [0.2, 0.25) is 0 Å². The summed E-state index contributed by atoms with van der Waals surface area (Å²) in [7, 11) is 10.8. The summed E-state index contributed by atoms with van der Waals surface area (Å²) in [6, 6.07) is 37.9. The molecule has 0 heterocycles. The fourth-order valence-corrected chi connectivity index (χ4v) is 7.72. The SMILES string of the molecule is CC1=Cc2c(-c3ccccc3)cccc2C1C[Si]CC1C(C)=Cc2c(-c3ccccc3)cccc21.[Cl][Zr][Cl]. The fraction of sp³-hybridized carbons (Fsp3) is 0.176. The Balaban J connectivity index is 0.000000937. The van der Waals surface area contributed by atoms with E-state index in [0.717, 1.165) is 9.52 Å². The Kier molecular flexibility index (Phi) is 9.39. The molecule has 2 radical (unpaired) electrons. The van der Waals surface area contributed by atoms with Gasteiger partial charge in [-0.1, -0.05) is 132 Å². The van der Waals surface area contributed by atoms with Crippen LogP contribution in [-0.2, 0) is 20.8 Å². The van der Waals surface area contributed by atoms with Gasteiger partial charge < -0.3 is 0 Å². The van der Waals surface area contributed by atoms with Crippen LogP contribution in [0, 0.1) is 0 Å². The number of hydrogen-bond acceptors (Lipinski definition) is 0. The van der Waals surface area contributed by atoms with Crippen molar-refractivity contribution in [2.24, 2.45) is 0 Å². The van der Waals surface area contributed by atoms with Gasteiger partial charge in [0.15, 0.2) is 0 Å². The first-order chi connectivity index (χ1) is 18.6. The quantitative estimate of drug-likeness (QED) is 0.186. The molecule has 2 aliphatic carbocycles. The van der Waals surface area contributed by atoms with Gasteiger partial charge in [-0.25, -0.2) is 0 Å². The molecule has 4 aromatic rings. The average molecular weight is 629 g/mol. The van der Waals surface area contributed by atoms with Crippen LogP contribution in [0.5, 0.6) is 0 Å². The fourth-order valence-electron chi connectivity index (χ4n) is 5.90. The second-order valence-electron chi connectivity index (χ2n) is 9.96. The molecule has 2 unspecified atom stereocenters. The number of halogens is 2. The third kappa shape index (κ3) is 5.80. The molecule has 0 bridgehead atoms. The van der Waals surface area contributed by atoms with Gasteiger partial charge >= 0.3 is 37.9 Å². The first kappa shape index (κ1) is 27.6. The van der Waals surface area contributed by atoms with Gasteiger partial charge in [-0.15, -0.1) is 0 Å². The van der Waals surface area contributed by atoms with E-state index >= 15 is 0 Å². The van der Waals surface area contributed by atoms with Crippen molar-refractivity contribution in [2.75, 3.05) is 0 Å². The van der Waals surface area contributed by atoms with Crippen LogP contribution in [-0.4, -0.2) is 9.52 Å². The Morgan fingerprint density at radius 2 is 0.974 bits per heavy atom. The van der Waals surface area contributed by atoms with E-state index in [4.69, 9.17) is 17.0 Å². The van der Waals surface area contributed by atoms with Gasteiger partial charge in [-0.05, 0) is 58.4 Å². The number of benzene rings is 4. The zero-order valence-corrected chi connectivity index (χ0v) is 26.7. The number of fused-ring (bicyclic) bond motifs is 2. The molecule has 0 nitrogen and oxygen atoms in total. The average Bonchev–Trinajstić information content (AvgIpc) is 3.45. The second-order valence-corrected chi connectivity index (χ2v) is 15.0. The summed E-state index contributed by atoms with van der Waals surface area (Å²) in [4.78, 5) is 0. The summed E-state index contributed by atoms with van der Waals surface area (Å²) in [6.07, 6.45) is 4.88. The molecule has 6 rings (SSSR count). The molecule has 0 amide bonds. The number of allylic oxidation sites excluding steroid dienone is 2. The third-order valence-corrected chi connectivity index (χ3v) is 9.13. The van der Waals surface area contributed by atoms with Gasteiger partial charge in [0.25, 0.3) is 0 Å². The molecule has 0 fully saturated rings. The Morgan fingerprint density at radius 1 is 0.579 bits per heavy atom. The van der Waals surface area contributed by atoms with Gasteiger partial charge in [-0.2, -0.15) is 0 Å². The number of rotatable bonds is 6. The molecule has 38 heavy (non-hydrogen) atoms. The Bertz CT molecular complexity index is 1350. The third-order valence-electron chi connectivity index (χ3n) is 7.74. The van der Waals surface area contributed by atoms with E-state index in [2.05, 4.69) is 123 Å². The van der Waals surface area contributed by atoms with E-state index in [-0.39, 0.29) is 0 Å². The van der Waals surface area contributed by atoms with E-state index < -0.39 is 20.8 Å². The molecule has 0 saturated carbocycles. The van der Waals surface area contributed by atoms with Crippen molar-refractivity contribution in [2.45, 2.75) is 37.8 Å². The van der Waals surface area contributed by atoms with Crippen molar-refractivity contribution < 1.29 is 20.8 Å². The first-order valence-electron chi connectivity index (χ1n) is 13.0. The van der Waals surface area contributed by atoms with E-state index in [1.54, 1.807) is 0 Å². The normalized spacial score (nSPS) is 17.1. The molecular weight excluding hydrogens is 599 g/mol. The molecule has 0 N–H and O–H groups in total. The Hall–Kier alpha value is -1.96. The predicted molar refractivity (Wildman–Crippen MR) is 164 cm³/mol. The van der Waals surface area contributed by atoms with Crippen LogP contribution < -0.4 is 0 Å². The van der Waals surface area contributed by atoms with Crippen molar-refractivity contribution in [3.05, 3.63) is 130 Å².